The Bertz CT molecular complexity index is 642. The average Bonchev–Trinajstić information content (AvgIpc) is 3.22. The summed E-state index contributed by atoms with van der Waals surface area (Å²) in [6.45, 7) is 0.540. The van der Waals surface area contributed by atoms with Crippen LogP contribution in [-0.2, 0) is 6.54 Å². The van der Waals surface area contributed by atoms with Gasteiger partial charge in [-0.3, -0.25) is 0 Å². The molecule has 0 aliphatic heterocycles. The Balaban J connectivity index is 1.76. The SMILES string of the molecule is Fc1cc(F)cc(Oc2ccc(Cl)c(CNC3CC3)n2)c1. The molecular formula is C15H13ClF2N2O. The first-order valence-electron chi connectivity index (χ1n) is 6.63. The molecule has 1 saturated carbocycles. The third kappa shape index (κ3) is 3.89. The van der Waals surface area contributed by atoms with Gasteiger partial charge in [-0.25, -0.2) is 13.8 Å². The van der Waals surface area contributed by atoms with E-state index >= 15 is 0 Å². The van der Waals surface area contributed by atoms with Crippen LogP contribution in [0.15, 0.2) is 30.3 Å². The summed E-state index contributed by atoms with van der Waals surface area (Å²) >= 11 is 6.08. The highest BCUT2D eigenvalue weighted by atomic mass is 35.5. The summed E-state index contributed by atoms with van der Waals surface area (Å²) in [4.78, 5) is 4.27. The average molecular weight is 311 g/mol. The monoisotopic (exact) mass is 310 g/mol. The number of nitrogens with one attached hydrogen (secondary N) is 1. The first kappa shape index (κ1) is 14.2. The molecule has 2 aromatic rings. The van der Waals surface area contributed by atoms with Crippen LogP contribution in [0.4, 0.5) is 8.78 Å². The van der Waals surface area contributed by atoms with Crippen LogP contribution < -0.4 is 10.1 Å². The van der Waals surface area contributed by atoms with Crippen molar-refractivity contribution >= 4 is 11.6 Å². The van der Waals surface area contributed by atoms with Crippen molar-refractivity contribution in [2.24, 2.45) is 0 Å². The number of aromatic nitrogens is 1. The minimum atomic E-state index is -0.699. The van der Waals surface area contributed by atoms with Crippen molar-refractivity contribution in [2.75, 3.05) is 0 Å². The Morgan fingerprint density at radius 1 is 1.19 bits per heavy atom. The molecule has 0 spiro atoms. The van der Waals surface area contributed by atoms with Crippen molar-refractivity contribution in [1.29, 1.82) is 0 Å². The summed E-state index contributed by atoms with van der Waals surface area (Å²) in [5, 5.41) is 3.83. The maximum atomic E-state index is 13.1. The summed E-state index contributed by atoms with van der Waals surface area (Å²) in [5.41, 5.74) is 0.651. The molecule has 0 radical (unpaired) electrons. The first-order valence-corrected chi connectivity index (χ1v) is 7.01. The second-order valence-corrected chi connectivity index (χ2v) is 5.35. The van der Waals surface area contributed by atoms with Crippen LogP contribution in [-0.4, -0.2) is 11.0 Å². The van der Waals surface area contributed by atoms with Gasteiger partial charge in [0.2, 0.25) is 5.88 Å². The largest absolute Gasteiger partial charge is 0.439 e. The third-order valence-electron chi connectivity index (χ3n) is 3.09. The predicted molar refractivity (Wildman–Crippen MR) is 75.5 cm³/mol. The fourth-order valence-corrected chi connectivity index (χ4v) is 2.05. The number of halogens is 3. The molecule has 110 valence electrons. The summed E-state index contributed by atoms with van der Waals surface area (Å²) in [6.07, 6.45) is 2.33. The Morgan fingerprint density at radius 2 is 1.90 bits per heavy atom. The molecule has 3 rings (SSSR count). The summed E-state index contributed by atoms with van der Waals surface area (Å²) in [5.74, 6) is -1.09. The minimum Gasteiger partial charge on any atom is -0.439 e. The summed E-state index contributed by atoms with van der Waals surface area (Å²) in [6, 6.07) is 6.73. The number of hydrogen-bond donors (Lipinski definition) is 1. The molecule has 0 saturated heterocycles. The van der Waals surface area contributed by atoms with Gasteiger partial charge in [-0.05, 0) is 18.9 Å². The van der Waals surface area contributed by atoms with E-state index in [1.54, 1.807) is 12.1 Å². The molecule has 0 unspecified atom stereocenters. The second-order valence-electron chi connectivity index (χ2n) is 4.94. The van der Waals surface area contributed by atoms with Crippen LogP contribution in [0, 0.1) is 11.6 Å². The van der Waals surface area contributed by atoms with Crippen LogP contribution in [0.25, 0.3) is 0 Å². The van der Waals surface area contributed by atoms with Gasteiger partial charge in [-0.2, -0.15) is 0 Å². The van der Waals surface area contributed by atoms with E-state index < -0.39 is 11.6 Å². The van der Waals surface area contributed by atoms with Crippen molar-refractivity contribution in [1.82, 2.24) is 10.3 Å². The maximum absolute atomic E-state index is 13.1. The van der Waals surface area contributed by atoms with Crippen molar-refractivity contribution in [3.05, 3.63) is 52.7 Å². The highest BCUT2D eigenvalue weighted by Gasteiger charge is 2.20. The van der Waals surface area contributed by atoms with E-state index in [9.17, 15) is 8.78 Å². The molecule has 0 atom stereocenters. The molecule has 0 bridgehead atoms. The quantitative estimate of drug-likeness (QED) is 0.904. The Labute approximate surface area is 125 Å². The smallest absolute Gasteiger partial charge is 0.219 e. The standard InChI is InChI=1S/C15H13ClF2N2O/c16-13-3-4-15(20-14(13)8-19-11-1-2-11)21-12-6-9(17)5-10(18)7-12/h3-7,11,19H,1-2,8H2. The summed E-state index contributed by atoms with van der Waals surface area (Å²) in [7, 11) is 0. The lowest BCUT2D eigenvalue weighted by Gasteiger charge is -2.09. The highest BCUT2D eigenvalue weighted by molar-refractivity contribution is 6.31. The van der Waals surface area contributed by atoms with Gasteiger partial charge in [0.25, 0.3) is 0 Å². The van der Waals surface area contributed by atoms with E-state index in [0.29, 0.717) is 23.3 Å². The Kier molecular flexibility index (Phi) is 4.03. The lowest BCUT2D eigenvalue weighted by Crippen LogP contribution is -2.16. The molecule has 1 fully saturated rings. The third-order valence-corrected chi connectivity index (χ3v) is 3.43. The van der Waals surface area contributed by atoms with Crippen LogP contribution in [0.5, 0.6) is 11.6 Å². The predicted octanol–water partition coefficient (Wildman–Crippen LogP) is 4.06. The van der Waals surface area contributed by atoms with E-state index in [0.717, 1.165) is 31.0 Å². The van der Waals surface area contributed by atoms with Crippen molar-refractivity contribution in [2.45, 2.75) is 25.4 Å². The van der Waals surface area contributed by atoms with Gasteiger partial charge < -0.3 is 10.1 Å². The van der Waals surface area contributed by atoms with E-state index in [2.05, 4.69) is 10.3 Å². The van der Waals surface area contributed by atoms with Gasteiger partial charge in [-0.15, -0.1) is 0 Å². The topological polar surface area (TPSA) is 34.1 Å². The van der Waals surface area contributed by atoms with Crippen LogP contribution in [0.3, 0.4) is 0 Å². The first-order chi connectivity index (χ1) is 10.1. The zero-order chi connectivity index (χ0) is 14.8. The molecule has 3 nitrogen and oxygen atoms in total. The molecule has 1 heterocycles. The van der Waals surface area contributed by atoms with E-state index in [1.165, 1.54) is 0 Å². The van der Waals surface area contributed by atoms with Crippen molar-refractivity contribution in [3.8, 4) is 11.6 Å². The number of hydrogen-bond acceptors (Lipinski definition) is 3. The maximum Gasteiger partial charge on any atom is 0.219 e. The highest BCUT2D eigenvalue weighted by Crippen LogP contribution is 2.25. The number of rotatable bonds is 5. The van der Waals surface area contributed by atoms with Gasteiger partial charge in [0.15, 0.2) is 0 Å². The van der Waals surface area contributed by atoms with E-state index in [1.807, 2.05) is 0 Å². The molecule has 21 heavy (non-hydrogen) atoms. The molecule has 1 N–H and O–H groups in total. The molecule has 1 aromatic carbocycles. The zero-order valence-electron chi connectivity index (χ0n) is 11.1. The molecule has 6 heteroatoms. The second kappa shape index (κ2) is 5.95. The van der Waals surface area contributed by atoms with Gasteiger partial charge in [0, 0.05) is 36.9 Å². The van der Waals surface area contributed by atoms with Gasteiger partial charge in [-0.1, -0.05) is 11.6 Å². The molecule has 1 aromatic heterocycles. The van der Waals surface area contributed by atoms with Gasteiger partial charge in [0.05, 0.1) is 10.7 Å². The molecule has 0 amide bonds. The van der Waals surface area contributed by atoms with Crippen LogP contribution in [0.2, 0.25) is 5.02 Å². The fraction of sp³-hybridized carbons (Fsp3) is 0.267. The number of nitrogens with zero attached hydrogens (tertiary/aromatic N) is 1. The Hall–Kier alpha value is -1.72. The van der Waals surface area contributed by atoms with Gasteiger partial charge in [0.1, 0.15) is 17.4 Å². The number of benzene rings is 1. The number of ether oxygens (including phenoxy) is 1. The van der Waals surface area contributed by atoms with Crippen LogP contribution >= 0.6 is 11.6 Å². The molecular weight excluding hydrogens is 298 g/mol. The molecule has 1 aliphatic carbocycles. The number of pyridine rings is 1. The normalized spacial score (nSPS) is 14.2. The zero-order valence-corrected chi connectivity index (χ0v) is 11.8. The van der Waals surface area contributed by atoms with Crippen LogP contribution in [0.1, 0.15) is 18.5 Å². The van der Waals surface area contributed by atoms with E-state index in [4.69, 9.17) is 16.3 Å². The van der Waals surface area contributed by atoms with Gasteiger partial charge >= 0.3 is 0 Å². The lowest BCUT2D eigenvalue weighted by atomic mass is 10.3. The summed E-state index contributed by atoms with van der Waals surface area (Å²) < 4.78 is 31.6. The van der Waals surface area contributed by atoms with E-state index in [-0.39, 0.29) is 11.6 Å². The minimum absolute atomic E-state index is 0.0587. The van der Waals surface area contributed by atoms with Crippen molar-refractivity contribution in [3.63, 3.8) is 0 Å². The fourth-order valence-electron chi connectivity index (χ4n) is 1.88. The molecule has 1 aliphatic rings. The lowest BCUT2D eigenvalue weighted by molar-refractivity contribution is 0.448. The Morgan fingerprint density at radius 3 is 2.57 bits per heavy atom. The van der Waals surface area contributed by atoms with Crippen molar-refractivity contribution < 1.29 is 13.5 Å².